The van der Waals surface area contributed by atoms with Crippen LogP contribution in [0.25, 0.3) is 0 Å². The fourth-order valence-corrected chi connectivity index (χ4v) is 1.51. The second kappa shape index (κ2) is 4.97. The van der Waals surface area contributed by atoms with E-state index in [4.69, 9.17) is 0 Å². The smallest absolute Gasteiger partial charge is 0.323 e. The number of carboxylic acids is 1. The largest absolute Gasteiger partial charge is 0.480 e. The molecule has 0 spiro atoms. The van der Waals surface area contributed by atoms with E-state index in [-0.39, 0.29) is 5.41 Å². The summed E-state index contributed by atoms with van der Waals surface area (Å²) in [7, 11) is 0. The van der Waals surface area contributed by atoms with E-state index >= 15 is 0 Å². The van der Waals surface area contributed by atoms with E-state index in [0.29, 0.717) is 18.9 Å². The van der Waals surface area contributed by atoms with Crippen molar-refractivity contribution in [3.8, 4) is 0 Å². The number of carboxylic acid groups (broad SMARTS) is 1. The Morgan fingerprint density at radius 2 is 1.73 bits per heavy atom. The Morgan fingerprint density at radius 3 is 2.00 bits per heavy atom. The first-order valence-corrected chi connectivity index (χ1v) is 5.55. The zero-order chi connectivity index (χ0) is 12.3. The van der Waals surface area contributed by atoms with Crippen LogP contribution in [0.1, 0.15) is 48.0 Å². The molecule has 0 radical (unpaired) electrons. The summed E-state index contributed by atoms with van der Waals surface area (Å²) in [6, 6.07) is 0. The van der Waals surface area contributed by atoms with Gasteiger partial charge in [0, 0.05) is 6.54 Å². The van der Waals surface area contributed by atoms with Crippen LogP contribution >= 0.6 is 0 Å². The van der Waals surface area contributed by atoms with E-state index in [0.717, 1.165) is 0 Å². The summed E-state index contributed by atoms with van der Waals surface area (Å²) in [6.45, 7) is 12.8. The van der Waals surface area contributed by atoms with Crippen LogP contribution in [-0.2, 0) is 4.79 Å². The Bertz CT molecular complexity index is 218. The molecule has 0 saturated heterocycles. The van der Waals surface area contributed by atoms with Crippen molar-refractivity contribution in [1.82, 2.24) is 5.32 Å². The summed E-state index contributed by atoms with van der Waals surface area (Å²) in [4.78, 5) is 11.2. The van der Waals surface area contributed by atoms with Crippen LogP contribution in [0.15, 0.2) is 0 Å². The molecule has 0 aromatic heterocycles. The van der Waals surface area contributed by atoms with Crippen molar-refractivity contribution in [3.05, 3.63) is 0 Å². The normalized spacial score (nSPS) is 16.5. The first kappa shape index (κ1) is 14.4. The maximum atomic E-state index is 11.2. The minimum atomic E-state index is -0.804. The highest BCUT2D eigenvalue weighted by atomic mass is 16.4. The molecule has 1 atom stereocenters. The molecular weight excluding hydrogens is 190 g/mol. The van der Waals surface area contributed by atoms with Gasteiger partial charge in [-0.1, -0.05) is 34.6 Å². The summed E-state index contributed by atoms with van der Waals surface area (Å²) in [5, 5.41) is 12.4. The molecule has 0 saturated carbocycles. The molecular formula is C12H25NO2. The van der Waals surface area contributed by atoms with Crippen LogP contribution in [0.3, 0.4) is 0 Å². The minimum absolute atomic E-state index is 0.105. The maximum absolute atomic E-state index is 11.2. The highest BCUT2D eigenvalue weighted by molar-refractivity contribution is 5.78. The van der Waals surface area contributed by atoms with Crippen molar-refractivity contribution in [2.45, 2.75) is 53.5 Å². The molecule has 3 heteroatoms. The highest BCUT2D eigenvalue weighted by Gasteiger charge is 2.34. The molecule has 1 unspecified atom stereocenters. The number of rotatable bonds is 5. The molecule has 0 aromatic rings. The van der Waals surface area contributed by atoms with E-state index in [1.54, 1.807) is 6.92 Å². The number of carbonyl (C=O) groups is 1. The lowest BCUT2D eigenvalue weighted by atomic mass is 9.88. The summed E-state index contributed by atoms with van der Waals surface area (Å²) in [5.41, 5.74) is -0.699. The third kappa shape index (κ3) is 5.78. The van der Waals surface area contributed by atoms with Crippen LogP contribution in [0.5, 0.6) is 0 Å². The topological polar surface area (TPSA) is 49.3 Å². The van der Waals surface area contributed by atoms with Gasteiger partial charge in [-0.2, -0.15) is 0 Å². The van der Waals surface area contributed by atoms with Crippen LogP contribution in [0.4, 0.5) is 0 Å². The zero-order valence-electron chi connectivity index (χ0n) is 10.8. The van der Waals surface area contributed by atoms with Gasteiger partial charge in [-0.05, 0) is 24.7 Å². The number of hydrogen-bond acceptors (Lipinski definition) is 2. The summed E-state index contributed by atoms with van der Waals surface area (Å²) in [5.74, 6) is -0.390. The van der Waals surface area contributed by atoms with E-state index in [1.807, 2.05) is 13.8 Å². The van der Waals surface area contributed by atoms with Gasteiger partial charge in [-0.25, -0.2) is 0 Å². The minimum Gasteiger partial charge on any atom is -0.480 e. The standard InChI is InChI=1S/C12H25NO2/c1-9(2)7-12(6,10(14)15)13-8-11(3,4)5/h9,13H,7-8H2,1-6H3,(H,14,15). The van der Waals surface area contributed by atoms with E-state index in [9.17, 15) is 9.90 Å². The molecule has 2 N–H and O–H groups in total. The van der Waals surface area contributed by atoms with Crippen LogP contribution < -0.4 is 5.32 Å². The number of nitrogens with one attached hydrogen (secondary N) is 1. The average Bonchev–Trinajstić information content (AvgIpc) is 1.98. The van der Waals surface area contributed by atoms with Gasteiger partial charge in [0.1, 0.15) is 5.54 Å². The van der Waals surface area contributed by atoms with Gasteiger partial charge in [0.05, 0.1) is 0 Å². The summed E-state index contributed by atoms with van der Waals surface area (Å²) in [6.07, 6.45) is 0.651. The molecule has 0 fully saturated rings. The number of hydrogen-bond donors (Lipinski definition) is 2. The molecule has 0 aliphatic heterocycles. The van der Waals surface area contributed by atoms with Crippen molar-refractivity contribution in [2.24, 2.45) is 11.3 Å². The number of aliphatic carboxylic acids is 1. The predicted molar refractivity (Wildman–Crippen MR) is 63.0 cm³/mol. The van der Waals surface area contributed by atoms with Gasteiger partial charge in [0.15, 0.2) is 0 Å². The Morgan fingerprint density at radius 1 is 1.27 bits per heavy atom. The van der Waals surface area contributed by atoms with Crippen molar-refractivity contribution in [1.29, 1.82) is 0 Å². The van der Waals surface area contributed by atoms with Gasteiger partial charge in [-0.15, -0.1) is 0 Å². The molecule has 90 valence electrons. The van der Waals surface area contributed by atoms with E-state index < -0.39 is 11.5 Å². The quantitative estimate of drug-likeness (QED) is 0.741. The summed E-state index contributed by atoms with van der Waals surface area (Å²) < 4.78 is 0. The van der Waals surface area contributed by atoms with Crippen molar-refractivity contribution < 1.29 is 9.90 Å². The van der Waals surface area contributed by atoms with Crippen molar-refractivity contribution in [2.75, 3.05) is 6.54 Å². The zero-order valence-corrected chi connectivity index (χ0v) is 10.8. The third-order valence-electron chi connectivity index (χ3n) is 2.30. The van der Waals surface area contributed by atoms with Gasteiger partial charge >= 0.3 is 5.97 Å². The van der Waals surface area contributed by atoms with Gasteiger partial charge < -0.3 is 10.4 Å². The predicted octanol–water partition coefficient (Wildman–Crippen LogP) is 2.51. The molecule has 0 bridgehead atoms. The lowest BCUT2D eigenvalue weighted by Gasteiger charge is -2.31. The lowest BCUT2D eigenvalue weighted by molar-refractivity contribution is -0.145. The molecule has 0 rings (SSSR count). The SMILES string of the molecule is CC(C)CC(C)(NCC(C)(C)C)C(=O)O. The monoisotopic (exact) mass is 215 g/mol. The second-order valence-electron chi connectivity index (χ2n) is 6.15. The molecule has 0 aliphatic carbocycles. The van der Waals surface area contributed by atoms with Gasteiger partial charge in [0.25, 0.3) is 0 Å². The molecule has 0 amide bonds. The highest BCUT2D eigenvalue weighted by Crippen LogP contribution is 2.19. The Kier molecular flexibility index (Phi) is 4.78. The Hall–Kier alpha value is -0.570. The second-order valence-corrected chi connectivity index (χ2v) is 6.15. The van der Waals surface area contributed by atoms with E-state index in [2.05, 4.69) is 26.1 Å². The molecule has 0 aliphatic rings. The Labute approximate surface area is 93.3 Å². The maximum Gasteiger partial charge on any atom is 0.323 e. The molecule has 3 nitrogen and oxygen atoms in total. The lowest BCUT2D eigenvalue weighted by Crippen LogP contribution is -2.52. The summed E-state index contributed by atoms with van der Waals surface area (Å²) >= 11 is 0. The first-order valence-electron chi connectivity index (χ1n) is 5.55. The third-order valence-corrected chi connectivity index (χ3v) is 2.30. The molecule has 0 aromatic carbocycles. The van der Waals surface area contributed by atoms with Gasteiger partial charge in [-0.3, -0.25) is 4.79 Å². The molecule has 0 heterocycles. The average molecular weight is 215 g/mol. The van der Waals surface area contributed by atoms with Crippen molar-refractivity contribution >= 4 is 5.97 Å². The fourth-order valence-electron chi connectivity index (χ4n) is 1.51. The van der Waals surface area contributed by atoms with Gasteiger partial charge in [0.2, 0.25) is 0 Å². The molecule has 15 heavy (non-hydrogen) atoms. The fraction of sp³-hybridized carbons (Fsp3) is 0.917. The van der Waals surface area contributed by atoms with Crippen LogP contribution in [-0.4, -0.2) is 23.2 Å². The Balaban J connectivity index is 4.46. The van der Waals surface area contributed by atoms with Crippen molar-refractivity contribution in [3.63, 3.8) is 0 Å². The van der Waals surface area contributed by atoms with Crippen LogP contribution in [0.2, 0.25) is 0 Å². The van der Waals surface area contributed by atoms with Crippen LogP contribution in [0, 0.1) is 11.3 Å². The first-order chi connectivity index (χ1) is 6.57. The van der Waals surface area contributed by atoms with E-state index in [1.165, 1.54) is 0 Å².